The van der Waals surface area contributed by atoms with Gasteiger partial charge in [-0.3, -0.25) is 0 Å². The summed E-state index contributed by atoms with van der Waals surface area (Å²) in [6.07, 6.45) is 0. The van der Waals surface area contributed by atoms with Gasteiger partial charge in [0.25, 0.3) is 0 Å². The van der Waals surface area contributed by atoms with Crippen LogP contribution in [0.5, 0.6) is 5.75 Å². The molecule has 72 valence electrons. The molecule has 0 heterocycles. The first-order valence-electron chi connectivity index (χ1n) is 3.53. The van der Waals surface area contributed by atoms with Crippen LogP contribution in [0.4, 0.5) is 8.78 Å². The highest BCUT2D eigenvalue weighted by molar-refractivity contribution is 9.13. The van der Waals surface area contributed by atoms with E-state index in [-0.39, 0.29) is 14.7 Å². The third kappa shape index (κ3) is 2.20. The average molecular weight is 316 g/mol. The number of ether oxygens (including phenoxy) is 1. The van der Waals surface area contributed by atoms with Gasteiger partial charge in [-0.1, -0.05) is 0 Å². The third-order valence-corrected chi connectivity index (χ3v) is 3.42. The molecule has 1 rings (SSSR count). The molecule has 1 nitrogen and oxygen atoms in total. The van der Waals surface area contributed by atoms with E-state index in [0.29, 0.717) is 6.61 Å². The topological polar surface area (TPSA) is 9.23 Å². The summed E-state index contributed by atoms with van der Waals surface area (Å²) in [6, 6.07) is 1.01. The molecule has 0 unspecified atom stereocenters. The molecule has 0 saturated heterocycles. The van der Waals surface area contributed by atoms with Crippen LogP contribution < -0.4 is 4.74 Å². The number of hydrogen-bond acceptors (Lipinski definition) is 1. The Morgan fingerprint density at radius 3 is 2.46 bits per heavy atom. The average Bonchev–Trinajstić information content (AvgIpc) is 2.11. The summed E-state index contributed by atoms with van der Waals surface area (Å²) in [5.41, 5.74) is 0. The van der Waals surface area contributed by atoms with Crippen molar-refractivity contribution in [3.8, 4) is 5.75 Å². The van der Waals surface area contributed by atoms with Gasteiger partial charge in [-0.15, -0.1) is 0 Å². The summed E-state index contributed by atoms with van der Waals surface area (Å²) in [7, 11) is 0. The highest BCUT2D eigenvalue weighted by Crippen LogP contribution is 2.34. The van der Waals surface area contributed by atoms with Crippen molar-refractivity contribution in [1.82, 2.24) is 0 Å². The fraction of sp³-hybridized carbons (Fsp3) is 0.250. The monoisotopic (exact) mass is 314 g/mol. The Labute approximate surface area is 91.3 Å². The smallest absolute Gasteiger partial charge is 0.180 e. The lowest BCUT2D eigenvalue weighted by Gasteiger charge is -2.07. The second-order valence-electron chi connectivity index (χ2n) is 2.23. The number of halogens is 4. The van der Waals surface area contributed by atoms with Crippen molar-refractivity contribution >= 4 is 31.9 Å². The van der Waals surface area contributed by atoms with Crippen LogP contribution in [0, 0.1) is 11.6 Å². The van der Waals surface area contributed by atoms with Gasteiger partial charge in [0.1, 0.15) is 5.82 Å². The van der Waals surface area contributed by atoms with E-state index in [1.165, 1.54) is 0 Å². The molecule has 0 radical (unpaired) electrons. The Balaban J connectivity index is 3.24. The SMILES string of the molecule is CCOc1cc(F)c(Br)c(Br)c1F. The van der Waals surface area contributed by atoms with Gasteiger partial charge in [-0.25, -0.2) is 8.78 Å². The van der Waals surface area contributed by atoms with Crippen molar-refractivity contribution < 1.29 is 13.5 Å². The molecule has 0 aliphatic carbocycles. The van der Waals surface area contributed by atoms with Gasteiger partial charge in [0, 0.05) is 6.07 Å². The molecule has 0 saturated carbocycles. The fourth-order valence-electron chi connectivity index (χ4n) is 0.812. The molecule has 0 amide bonds. The van der Waals surface area contributed by atoms with Crippen LogP contribution >= 0.6 is 31.9 Å². The molecule has 0 aliphatic heterocycles. The van der Waals surface area contributed by atoms with Gasteiger partial charge in [-0.05, 0) is 38.8 Å². The minimum Gasteiger partial charge on any atom is -0.491 e. The molecule has 0 bridgehead atoms. The largest absolute Gasteiger partial charge is 0.491 e. The number of benzene rings is 1. The van der Waals surface area contributed by atoms with Crippen molar-refractivity contribution in [3.05, 3.63) is 26.6 Å². The zero-order valence-corrected chi connectivity index (χ0v) is 9.88. The molecule has 5 heteroatoms. The Morgan fingerprint density at radius 1 is 1.31 bits per heavy atom. The lowest BCUT2D eigenvalue weighted by atomic mass is 10.3. The Bertz CT molecular complexity index is 328. The van der Waals surface area contributed by atoms with Gasteiger partial charge in [0.05, 0.1) is 15.6 Å². The van der Waals surface area contributed by atoms with E-state index in [0.717, 1.165) is 6.07 Å². The Morgan fingerprint density at radius 2 is 1.92 bits per heavy atom. The standard InChI is InChI=1S/C8H6Br2F2O/c1-2-13-5-3-4(11)6(9)7(10)8(5)12/h3H,2H2,1H3. The maximum Gasteiger partial charge on any atom is 0.180 e. The Kier molecular flexibility index (Phi) is 3.67. The highest BCUT2D eigenvalue weighted by Gasteiger charge is 2.15. The quantitative estimate of drug-likeness (QED) is 0.594. The molecule has 0 fully saturated rings. The molecule has 0 spiro atoms. The van der Waals surface area contributed by atoms with Crippen LogP contribution in [0.3, 0.4) is 0 Å². The second-order valence-corrected chi connectivity index (χ2v) is 3.82. The van der Waals surface area contributed by atoms with Crippen molar-refractivity contribution in [2.75, 3.05) is 6.61 Å². The predicted molar refractivity (Wildman–Crippen MR) is 52.9 cm³/mol. The molecule has 0 atom stereocenters. The predicted octanol–water partition coefficient (Wildman–Crippen LogP) is 3.89. The van der Waals surface area contributed by atoms with Crippen molar-refractivity contribution in [1.29, 1.82) is 0 Å². The van der Waals surface area contributed by atoms with Crippen LogP contribution in [0.1, 0.15) is 6.92 Å². The van der Waals surface area contributed by atoms with Crippen molar-refractivity contribution in [3.63, 3.8) is 0 Å². The van der Waals surface area contributed by atoms with Crippen LogP contribution in [-0.4, -0.2) is 6.61 Å². The van der Waals surface area contributed by atoms with E-state index in [2.05, 4.69) is 31.9 Å². The lowest BCUT2D eigenvalue weighted by molar-refractivity contribution is 0.318. The van der Waals surface area contributed by atoms with E-state index in [1.807, 2.05) is 0 Å². The summed E-state index contributed by atoms with van der Waals surface area (Å²) >= 11 is 5.81. The summed E-state index contributed by atoms with van der Waals surface area (Å²) in [5, 5.41) is 0. The van der Waals surface area contributed by atoms with E-state index in [4.69, 9.17) is 4.74 Å². The van der Waals surface area contributed by atoms with Gasteiger partial charge in [0.15, 0.2) is 11.6 Å². The van der Waals surface area contributed by atoms with Crippen LogP contribution in [0.15, 0.2) is 15.0 Å². The summed E-state index contributed by atoms with van der Waals surface area (Å²) in [5.74, 6) is -1.25. The fourth-order valence-corrected chi connectivity index (χ4v) is 1.49. The molecular formula is C8H6Br2F2O. The lowest BCUT2D eigenvalue weighted by Crippen LogP contribution is -1.97. The highest BCUT2D eigenvalue weighted by atomic mass is 79.9. The summed E-state index contributed by atoms with van der Waals surface area (Å²) in [4.78, 5) is 0. The van der Waals surface area contributed by atoms with Gasteiger partial charge in [0.2, 0.25) is 0 Å². The molecular weight excluding hydrogens is 310 g/mol. The van der Waals surface area contributed by atoms with E-state index < -0.39 is 11.6 Å². The molecule has 1 aromatic rings. The van der Waals surface area contributed by atoms with E-state index >= 15 is 0 Å². The zero-order valence-electron chi connectivity index (χ0n) is 6.70. The van der Waals surface area contributed by atoms with Crippen molar-refractivity contribution in [2.45, 2.75) is 6.92 Å². The molecule has 13 heavy (non-hydrogen) atoms. The van der Waals surface area contributed by atoms with Crippen LogP contribution in [-0.2, 0) is 0 Å². The van der Waals surface area contributed by atoms with Crippen molar-refractivity contribution in [2.24, 2.45) is 0 Å². The number of hydrogen-bond donors (Lipinski definition) is 0. The maximum absolute atomic E-state index is 13.3. The Hall–Kier alpha value is -0.160. The number of rotatable bonds is 2. The third-order valence-electron chi connectivity index (χ3n) is 1.37. The normalized spacial score (nSPS) is 10.2. The minimum absolute atomic E-state index is 0.0379. The molecule has 1 aromatic carbocycles. The summed E-state index contributed by atoms with van der Waals surface area (Å²) in [6.45, 7) is 2.00. The van der Waals surface area contributed by atoms with E-state index in [9.17, 15) is 8.78 Å². The minimum atomic E-state index is -0.602. The molecule has 0 N–H and O–H groups in total. The van der Waals surface area contributed by atoms with Crippen LogP contribution in [0.2, 0.25) is 0 Å². The van der Waals surface area contributed by atoms with E-state index in [1.54, 1.807) is 6.92 Å². The van der Waals surface area contributed by atoms with Crippen LogP contribution in [0.25, 0.3) is 0 Å². The van der Waals surface area contributed by atoms with Gasteiger partial charge >= 0.3 is 0 Å². The maximum atomic E-state index is 13.3. The molecule has 0 aliphatic rings. The first kappa shape index (κ1) is 10.9. The first-order valence-corrected chi connectivity index (χ1v) is 5.12. The summed E-state index contributed by atoms with van der Waals surface area (Å²) < 4.78 is 31.3. The zero-order chi connectivity index (χ0) is 10.0. The first-order chi connectivity index (χ1) is 6.07. The second kappa shape index (κ2) is 4.37. The molecule has 0 aromatic heterocycles. The van der Waals surface area contributed by atoms with Gasteiger partial charge in [-0.2, -0.15) is 0 Å². The van der Waals surface area contributed by atoms with Gasteiger partial charge < -0.3 is 4.74 Å².